The van der Waals surface area contributed by atoms with Gasteiger partial charge < -0.3 is 5.11 Å². The third-order valence-electron chi connectivity index (χ3n) is 2.64. The molecule has 0 aliphatic carbocycles. The highest BCUT2D eigenvalue weighted by atomic mass is 16.3. The number of hydrogen-bond donors (Lipinski definition) is 1. The van der Waals surface area contributed by atoms with E-state index in [1.165, 1.54) is 0 Å². The summed E-state index contributed by atoms with van der Waals surface area (Å²) in [6.45, 7) is 4.11. The fraction of sp³-hybridized carbons (Fsp3) is 0.214. The van der Waals surface area contributed by atoms with Crippen LogP contribution in [0.1, 0.15) is 30.9 Å². The number of aromatic hydroxyl groups is 1. The minimum atomic E-state index is 0.301. The Morgan fingerprint density at radius 2 is 1.88 bits per heavy atom. The highest BCUT2D eigenvalue weighted by molar-refractivity contribution is 5.84. The summed E-state index contributed by atoms with van der Waals surface area (Å²) >= 11 is 0. The van der Waals surface area contributed by atoms with E-state index in [1.807, 2.05) is 42.7 Å². The maximum Gasteiger partial charge on any atom is 0.127 e. The molecule has 1 aromatic carbocycles. The molecule has 0 saturated heterocycles. The van der Waals surface area contributed by atoms with Gasteiger partial charge in [-0.1, -0.05) is 26.0 Å². The van der Waals surface area contributed by atoms with Crippen molar-refractivity contribution in [1.82, 2.24) is 4.68 Å². The lowest BCUT2D eigenvalue weighted by atomic mass is 9.99. The average Bonchev–Trinajstić information content (AvgIpc) is 2.80. The van der Waals surface area contributed by atoms with Crippen molar-refractivity contribution in [1.29, 1.82) is 0 Å². The lowest BCUT2D eigenvalue weighted by Gasteiger charge is -2.09. The number of nitrogens with zero attached hydrogens (tertiary/aromatic N) is 2. The van der Waals surface area contributed by atoms with Crippen LogP contribution in [-0.2, 0) is 0 Å². The SMILES string of the molecule is CC(C)c1cccc(/C=N/n2cccc2)c1O. The molecule has 0 atom stereocenters. The third kappa shape index (κ3) is 2.56. The van der Waals surface area contributed by atoms with E-state index < -0.39 is 0 Å². The number of phenols is 1. The van der Waals surface area contributed by atoms with Crippen LogP contribution in [0.25, 0.3) is 0 Å². The van der Waals surface area contributed by atoms with Crippen molar-refractivity contribution in [3.63, 3.8) is 0 Å². The Bertz CT molecular complexity index is 513. The number of benzene rings is 1. The zero-order valence-electron chi connectivity index (χ0n) is 10.0. The molecule has 3 heteroatoms. The van der Waals surface area contributed by atoms with Gasteiger partial charge in [-0.15, -0.1) is 0 Å². The summed E-state index contributed by atoms with van der Waals surface area (Å²) in [5, 5.41) is 14.3. The Morgan fingerprint density at radius 3 is 2.53 bits per heavy atom. The first-order valence-electron chi connectivity index (χ1n) is 5.67. The van der Waals surface area contributed by atoms with E-state index in [-0.39, 0.29) is 0 Å². The number of rotatable bonds is 3. The fourth-order valence-electron chi connectivity index (χ4n) is 1.68. The summed E-state index contributed by atoms with van der Waals surface area (Å²) in [6.07, 6.45) is 5.36. The summed E-state index contributed by atoms with van der Waals surface area (Å²) < 4.78 is 1.70. The van der Waals surface area contributed by atoms with Crippen molar-refractivity contribution < 1.29 is 5.11 Å². The van der Waals surface area contributed by atoms with Gasteiger partial charge in [0, 0.05) is 18.0 Å². The molecule has 0 spiro atoms. The Labute approximate surface area is 101 Å². The zero-order chi connectivity index (χ0) is 12.3. The van der Waals surface area contributed by atoms with Gasteiger partial charge in [0.25, 0.3) is 0 Å². The van der Waals surface area contributed by atoms with Crippen LogP contribution in [0.4, 0.5) is 0 Å². The van der Waals surface area contributed by atoms with Gasteiger partial charge in [-0.05, 0) is 29.7 Å². The summed E-state index contributed by atoms with van der Waals surface area (Å²) in [4.78, 5) is 0. The van der Waals surface area contributed by atoms with Crippen LogP contribution in [0.5, 0.6) is 5.75 Å². The van der Waals surface area contributed by atoms with Crippen LogP contribution in [-0.4, -0.2) is 16.0 Å². The van der Waals surface area contributed by atoms with Gasteiger partial charge in [-0.2, -0.15) is 5.10 Å². The van der Waals surface area contributed by atoms with Crippen LogP contribution in [0.15, 0.2) is 47.8 Å². The first-order valence-corrected chi connectivity index (χ1v) is 5.67. The lowest BCUT2D eigenvalue weighted by molar-refractivity contribution is 0.464. The molecule has 0 saturated carbocycles. The monoisotopic (exact) mass is 228 g/mol. The highest BCUT2D eigenvalue weighted by Crippen LogP contribution is 2.27. The molecule has 0 radical (unpaired) electrons. The molecule has 0 amide bonds. The first kappa shape index (κ1) is 11.5. The Kier molecular flexibility index (Phi) is 3.28. The second-order valence-corrected chi connectivity index (χ2v) is 4.25. The molecule has 0 aliphatic heterocycles. The van der Waals surface area contributed by atoms with Crippen LogP contribution < -0.4 is 0 Å². The van der Waals surface area contributed by atoms with Gasteiger partial charge >= 0.3 is 0 Å². The second-order valence-electron chi connectivity index (χ2n) is 4.25. The quantitative estimate of drug-likeness (QED) is 0.805. The van der Waals surface area contributed by atoms with Crippen LogP contribution in [0.3, 0.4) is 0 Å². The van der Waals surface area contributed by atoms with E-state index in [4.69, 9.17) is 0 Å². The smallest absolute Gasteiger partial charge is 0.127 e. The molecule has 2 rings (SSSR count). The predicted octanol–water partition coefficient (Wildman–Crippen LogP) is 3.20. The van der Waals surface area contributed by atoms with E-state index in [1.54, 1.807) is 10.9 Å². The maximum absolute atomic E-state index is 10.1. The highest BCUT2D eigenvalue weighted by Gasteiger charge is 2.08. The summed E-state index contributed by atoms with van der Waals surface area (Å²) in [7, 11) is 0. The molecule has 0 bridgehead atoms. The first-order chi connectivity index (χ1) is 8.18. The minimum Gasteiger partial charge on any atom is -0.507 e. The third-order valence-corrected chi connectivity index (χ3v) is 2.64. The van der Waals surface area contributed by atoms with Crippen molar-refractivity contribution in [2.45, 2.75) is 19.8 Å². The van der Waals surface area contributed by atoms with Gasteiger partial charge in [0.15, 0.2) is 0 Å². The van der Waals surface area contributed by atoms with E-state index in [0.717, 1.165) is 11.1 Å². The van der Waals surface area contributed by atoms with Gasteiger partial charge in [-0.25, -0.2) is 4.68 Å². The number of aromatic nitrogens is 1. The van der Waals surface area contributed by atoms with Crippen LogP contribution in [0, 0.1) is 0 Å². The van der Waals surface area contributed by atoms with Gasteiger partial charge in [-0.3, -0.25) is 0 Å². The minimum absolute atomic E-state index is 0.301. The zero-order valence-corrected chi connectivity index (χ0v) is 10.0. The Morgan fingerprint density at radius 1 is 1.18 bits per heavy atom. The normalized spacial score (nSPS) is 11.5. The molecular weight excluding hydrogens is 212 g/mol. The van der Waals surface area contributed by atoms with Crippen molar-refractivity contribution in [2.24, 2.45) is 5.10 Å². The molecule has 0 fully saturated rings. The van der Waals surface area contributed by atoms with Crippen LogP contribution in [0.2, 0.25) is 0 Å². The topological polar surface area (TPSA) is 37.5 Å². The van der Waals surface area contributed by atoms with Crippen molar-refractivity contribution in [3.8, 4) is 5.75 Å². The molecule has 1 N–H and O–H groups in total. The lowest BCUT2D eigenvalue weighted by Crippen LogP contribution is -1.93. The van der Waals surface area contributed by atoms with E-state index in [2.05, 4.69) is 18.9 Å². The van der Waals surface area contributed by atoms with Gasteiger partial charge in [0.05, 0.1) is 6.21 Å². The standard InChI is InChI=1S/C14H16N2O/c1-11(2)13-7-5-6-12(14(13)17)10-15-16-8-3-4-9-16/h3-11,17H,1-2H3/b15-10+. The number of para-hydroxylation sites is 1. The Balaban J connectivity index is 2.30. The van der Waals surface area contributed by atoms with E-state index >= 15 is 0 Å². The molecule has 17 heavy (non-hydrogen) atoms. The summed E-state index contributed by atoms with van der Waals surface area (Å²) in [5.74, 6) is 0.619. The molecule has 0 aliphatic rings. The van der Waals surface area contributed by atoms with Crippen molar-refractivity contribution in [3.05, 3.63) is 53.9 Å². The van der Waals surface area contributed by atoms with Crippen molar-refractivity contribution in [2.75, 3.05) is 0 Å². The molecule has 1 aromatic heterocycles. The molecule has 88 valence electrons. The molecular formula is C14H16N2O. The van der Waals surface area contributed by atoms with Gasteiger partial charge in [0.2, 0.25) is 0 Å². The molecule has 1 heterocycles. The molecule has 3 nitrogen and oxygen atoms in total. The molecule has 2 aromatic rings. The van der Waals surface area contributed by atoms with E-state index in [0.29, 0.717) is 11.7 Å². The summed E-state index contributed by atoms with van der Waals surface area (Å²) in [6, 6.07) is 9.54. The average molecular weight is 228 g/mol. The van der Waals surface area contributed by atoms with Crippen molar-refractivity contribution >= 4 is 6.21 Å². The van der Waals surface area contributed by atoms with E-state index in [9.17, 15) is 5.11 Å². The summed E-state index contributed by atoms with van der Waals surface area (Å²) in [5.41, 5.74) is 1.69. The Hall–Kier alpha value is -2.03. The maximum atomic E-state index is 10.1. The molecule has 0 unspecified atom stereocenters. The van der Waals surface area contributed by atoms with Gasteiger partial charge in [0.1, 0.15) is 5.75 Å². The van der Waals surface area contributed by atoms with Crippen LogP contribution >= 0.6 is 0 Å². The number of phenolic OH excluding ortho intramolecular Hbond substituents is 1. The predicted molar refractivity (Wildman–Crippen MR) is 69.6 cm³/mol. The number of hydrogen-bond acceptors (Lipinski definition) is 2. The fourth-order valence-corrected chi connectivity index (χ4v) is 1.68. The second kappa shape index (κ2) is 4.87. The largest absolute Gasteiger partial charge is 0.507 e.